The Morgan fingerprint density at radius 3 is 2.49 bits per heavy atom. The predicted octanol–water partition coefficient (Wildman–Crippen LogP) is 7.66. The van der Waals surface area contributed by atoms with Gasteiger partial charge in [0.05, 0.1) is 6.61 Å². The van der Waals surface area contributed by atoms with E-state index >= 15 is 4.39 Å². The van der Waals surface area contributed by atoms with Crippen molar-refractivity contribution in [2.24, 2.45) is 5.92 Å². The maximum absolute atomic E-state index is 15.2. The standard InChI is InChI=1S/C30H40ClFN2O/c1-5-11-34(6-2)22(4)27-17-28(25-7-8-25)30(18-29(27)32)35-20-23-9-12-33(13-10-23)19-24-14-21(3)15-26(31)16-24/h14-18,23,25H,4-13,19-20H2,1-3H3. The van der Waals surface area contributed by atoms with Gasteiger partial charge < -0.3 is 9.64 Å². The van der Waals surface area contributed by atoms with Crippen LogP contribution >= 0.6 is 11.6 Å². The molecule has 0 amide bonds. The predicted molar refractivity (Wildman–Crippen MR) is 145 cm³/mol. The second-order valence-electron chi connectivity index (χ2n) is 10.3. The highest BCUT2D eigenvalue weighted by atomic mass is 35.5. The number of piperidine rings is 1. The third-order valence-electron chi connectivity index (χ3n) is 7.37. The molecule has 0 aromatic heterocycles. The van der Waals surface area contributed by atoms with Crippen LogP contribution in [0.1, 0.15) is 74.1 Å². The summed E-state index contributed by atoms with van der Waals surface area (Å²) in [5.41, 5.74) is 5.04. The van der Waals surface area contributed by atoms with Crippen molar-refractivity contribution in [2.75, 3.05) is 32.8 Å². The Morgan fingerprint density at radius 1 is 1.11 bits per heavy atom. The van der Waals surface area contributed by atoms with Gasteiger partial charge in [0.1, 0.15) is 11.6 Å². The summed E-state index contributed by atoms with van der Waals surface area (Å²) in [6, 6.07) is 9.91. The highest BCUT2D eigenvalue weighted by Gasteiger charge is 2.30. The van der Waals surface area contributed by atoms with Gasteiger partial charge in [0.25, 0.3) is 0 Å². The van der Waals surface area contributed by atoms with Crippen molar-refractivity contribution in [3.63, 3.8) is 0 Å². The number of nitrogens with zero attached hydrogens (tertiary/aromatic N) is 2. The van der Waals surface area contributed by atoms with E-state index < -0.39 is 0 Å². The Kier molecular flexibility index (Phi) is 8.77. The van der Waals surface area contributed by atoms with E-state index in [1.807, 2.05) is 12.1 Å². The van der Waals surface area contributed by atoms with Crippen LogP contribution in [0.5, 0.6) is 5.75 Å². The van der Waals surface area contributed by atoms with Crippen molar-refractivity contribution < 1.29 is 9.13 Å². The summed E-state index contributed by atoms with van der Waals surface area (Å²) in [5.74, 6) is 1.49. The van der Waals surface area contributed by atoms with Crippen LogP contribution in [0.2, 0.25) is 5.02 Å². The van der Waals surface area contributed by atoms with Gasteiger partial charge in [-0.25, -0.2) is 4.39 Å². The lowest BCUT2D eigenvalue weighted by molar-refractivity contribution is 0.136. The van der Waals surface area contributed by atoms with E-state index in [0.29, 0.717) is 24.0 Å². The number of likely N-dealkylation sites (tertiary alicyclic amines) is 1. The Morgan fingerprint density at radius 2 is 1.86 bits per heavy atom. The summed E-state index contributed by atoms with van der Waals surface area (Å²) < 4.78 is 21.5. The molecular formula is C30H40ClFN2O. The van der Waals surface area contributed by atoms with Crippen molar-refractivity contribution >= 4 is 17.3 Å². The van der Waals surface area contributed by atoms with Crippen molar-refractivity contribution in [1.29, 1.82) is 0 Å². The molecule has 2 fully saturated rings. The fourth-order valence-corrected chi connectivity index (χ4v) is 5.55. The molecule has 1 saturated heterocycles. The Balaban J connectivity index is 1.36. The molecule has 5 heteroatoms. The molecule has 0 atom stereocenters. The van der Waals surface area contributed by atoms with Crippen LogP contribution in [0.15, 0.2) is 36.9 Å². The minimum Gasteiger partial charge on any atom is -0.493 e. The molecule has 0 radical (unpaired) electrons. The summed E-state index contributed by atoms with van der Waals surface area (Å²) in [6.07, 6.45) is 5.52. The van der Waals surface area contributed by atoms with E-state index in [0.717, 1.165) is 86.9 Å². The first-order valence-electron chi connectivity index (χ1n) is 13.3. The lowest BCUT2D eigenvalue weighted by Gasteiger charge is -2.32. The average Bonchev–Trinajstić information content (AvgIpc) is 3.66. The molecule has 190 valence electrons. The van der Waals surface area contributed by atoms with Crippen LogP contribution in [-0.2, 0) is 6.54 Å². The molecule has 35 heavy (non-hydrogen) atoms. The second-order valence-corrected chi connectivity index (χ2v) is 10.8. The van der Waals surface area contributed by atoms with E-state index in [2.05, 4.69) is 49.3 Å². The Hall–Kier alpha value is -2.04. The topological polar surface area (TPSA) is 15.7 Å². The summed E-state index contributed by atoms with van der Waals surface area (Å²) in [7, 11) is 0. The third-order valence-corrected chi connectivity index (χ3v) is 7.59. The number of hydrogen-bond donors (Lipinski definition) is 0. The van der Waals surface area contributed by atoms with E-state index in [9.17, 15) is 0 Å². The summed E-state index contributed by atoms with van der Waals surface area (Å²) in [5, 5.41) is 0.810. The molecule has 1 heterocycles. The largest absolute Gasteiger partial charge is 0.493 e. The van der Waals surface area contributed by atoms with E-state index in [1.165, 1.54) is 11.1 Å². The SMILES string of the molecule is C=C(c1cc(C2CC2)c(OCC2CCN(Cc3cc(C)cc(Cl)c3)CC2)cc1F)N(CC)CCC. The molecule has 0 spiro atoms. The normalized spacial score (nSPS) is 16.9. The molecule has 1 saturated carbocycles. The molecular weight excluding hydrogens is 459 g/mol. The zero-order valence-electron chi connectivity index (χ0n) is 21.6. The lowest BCUT2D eigenvalue weighted by atomic mass is 9.97. The fraction of sp³-hybridized carbons (Fsp3) is 0.533. The van der Waals surface area contributed by atoms with Crippen LogP contribution in [0.3, 0.4) is 0 Å². The monoisotopic (exact) mass is 498 g/mol. The molecule has 0 unspecified atom stereocenters. The molecule has 0 N–H and O–H groups in total. The number of ether oxygens (including phenoxy) is 1. The number of hydrogen-bond acceptors (Lipinski definition) is 3. The highest BCUT2D eigenvalue weighted by Crippen LogP contribution is 2.46. The minimum absolute atomic E-state index is 0.226. The van der Waals surface area contributed by atoms with Crippen LogP contribution in [0.4, 0.5) is 4.39 Å². The number of aryl methyl sites for hydroxylation is 1. The quantitative estimate of drug-likeness (QED) is 0.316. The van der Waals surface area contributed by atoms with Gasteiger partial charge in [-0.3, -0.25) is 4.90 Å². The number of rotatable bonds is 11. The summed E-state index contributed by atoms with van der Waals surface area (Å²) >= 11 is 6.24. The van der Waals surface area contributed by atoms with E-state index in [4.69, 9.17) is 16.3 Å². The van der Waals surface area contributed by atoms with Gasteiger partial charge in [0.15, 0.2) is 0 Å². The van der Waals surface area contributed by atoms with Gasteiger partial charge >= 0.3 is 0 Å². The van der Waals surface area contributed by atoms with E-state index in [-0.39, 0.29) is 5.82 Å². The fourth-order valence-electron chi connectivity index (χ4n) is 5.24. The molecule has 2 aromatic rings. The van der Waals surface area contributed by atoms with Gasteiger partial charge in [-0.1, -0.05) is 31.2 Å². The second kappa shape index (κ2) is 11.8. The highest BCUT2D eigenvalue weighted by molar-refractivity contribution is 6.30. The Labute approximate surface area is 215 Å². The van der Waals surface area contributed by atoms with Gasteiger partial charge in [-0.15, -0.1) is 0 Å². The van der Waals surface area contributed by atoms with Gasteiger partial charge in [0.2, 0.25) is 0 Å². The first-order valence-corrected chi connectivity index (χ1v) is 13.6. The smallest absolute Gasteiger partial charge is 0.136 e. The zero-order valence-corrected chi connectivity index (χ0v) is 22.3. The molecule has 3 nitrogen and oxygen atoms in total. The first kappa shape index (κ1) is 26.0. The first-order chi connectivity index (χ1) is 16.9. The van der Waals surface area contributed by atoms with Crippen molar-refractivity contribution in [1.82, 2.24) is 9.80 Å². The molecule has 0 bridgehead atoms. The summed E-state index contributed by atoms with van der Waals surface area (Å²) in [4.78, 5) is 4.65. The molecule has 1 aliphatic heterocycles. The Bertz CT molecular complexity index is 1010. The third kappa shape index (κ3) is 6.80. The van der Waals surface area contributed by atoms with Gasteiger partial charge in [0, 0.05) is 42.0 Å². The summed E-state index contributed by atoms with van der Waals surface area (Å²) in [6.45, 7) is 16.0. The van der Waals surface area contributed by atoms with Crippen LogP contribution in [-0.4, -0.2) is 42.6 Å². The molecule has 4 rings (SSSR count). The van der Waals surface area contributed by atoms with Crippen LogP contribution in [0, 0.1) is 18.7 Å². The van der Waals surface area contributed by atoms with Crippen LogP contribution < -0.4 is 4.74 Å². The molecule has 2 aromatic carbocycles. The van der Waals surface area contributed by atoms with Gasteiger partial charge in [-0.2, -0.15) is 0 Å². The van der Waals surface area contributed by atoms with Crippen molar-refractivity contribution in [3.8, 4) is 5.75 Å². The average molecular weight is 499 g/mol. The lowest BCUT2D eigenvalue weighted by Crippen LogP contribution is -2.35. The van der Waals surface area contributed by atoms with Crippen molar-refractivity contribution in [2.45, 2.75) is 65.3 Å². The molecule has 1 aliphatic carbocycles. The number of benzene rings is 2. The minimum atomic E-state index is -0.226. The maximum Gasteiger partial charge on any atom is 0.136 e. The van der Waals surface area contributed by atoms with E-state index in [1.54, 1.807) is 6.07 Å². The maximum atomic E-state index is 15.2. The van der Waals surface area contributed by atoms with Gasteiger partial charge in [-0.05, 0) is 106 Å². The van der Waals surface area contributed by atoms with Crippen molar-refractivity contribution in [3.05, 3.63) is 70.0 Å². The molecule has 2 aliphatic rings. The number of halogens is 2. The van der Waals surface area contributed by atoms with Crippen LogP contribution in [0.25, 0.3) is 5.70 Å². The zero-order chi connectivity index (χ0) is 24.9.